The standard InChI is InChI=1S/C12H21N3O2S/c1-4-5-17-11-6-10(14-9-15-11)13-7-12(2,16)8-18-3/h6,9,16H,4-5,7-8H2,1-3H3,(H,13,14,15). The summed E-state index contributed by atoms with van der Waals surface area (Å²) in [5, 5.41) is 13.1. The van der Waals surface area contributed by atoms with Crippen molar-refractivity contribution in [3.05, 3.63) is 12.4 Å². The first-order valence-electron chi connectivity index (χ1n) is 5.97. The molecule has 0 saturated carbocycles. The van der Waals surface area contributed by atoms with E-state index in [2.05, 4.69) is 15.3 Å². The van der Waals surface area contributed by atoms with Crippen LogP contribution in [0.25, 0.3) is 0 Å². The fourth-order valence-electron chi connectivity index (χ4n) is 1.36. The van der Waals surface area contributed by atoms with Gasteiger partial charge >= 0.3 is 0 Å². The van der Waals surface area contributed by atoms with Gasteiger partial charge in [-0.05, 0) is 19.6 Å². The summed E-state index contributed by atoms with van der Waals surface area (Å²) in [7, 11) is 0. The number of hydrogen-bond acceptors (Lipinski definition) is 6. The monoisotopic (exact) mass is 271 g/mol. The van der Waals surface area contributed by atoms with Crippen LogP contribution in [-0.4, -0.2) is 45.8 Å². The molecule has 18 heavy (non-hydrogen) atoms. The summed E-state index contributed by atoms with van der Waals surface area (Å²) in [6.07, 6.45) is 4.36. The van der Waals surface area contributed by atoms with E-state index in [0.29, 0.717) is 30.6 Å². The fraction of sp³-hybridized carbons (Fsp3) is 0.667. The first kappa shape index (κ1) is 15.0. The molecule has 1 aromatic heterocycles. The van der Waals surface area contributed by atoms with E-state index in [-0.39, 0.29) is 0 Å². The maximum Gasteiger partial charge on any atom is 0.218 e. The maximum absolute atomic E-state index is 10.0. The molecule has 1 rings (SSSR count). The summed E-state index contributed by atoms with van der Waals surface area (Å²) in [5.74, 6) is 1.89. The predicted octanol–water partition coefficient (Wildman–Crippen LogP) is 1.79. The summed E-state index contributed by atoms with van der Waals surface area (Å²) in [6.45, 7) is 4.92. The van der Waals surface area contributed by atoms with Crippen LogP contribution in [0.2, 0.25) is 0 Å². The third kappa shape index (κ3) is 5.55. The molecule has 0 aliphatic heterocycles. The molecule has 0 aromatic carbocycles. The minimum absolute atomic E-state index is 0.443. The van der Waals surface area contributed by atoms with Gasteiger partial charge in [0.2, 0.25) is 5.88 Å². The van der Waals surface area contributed by atoms with Crippen molar-refractivity contribution in [2.45, 2.75) is 25.9 Å². The molecule has 0 saturated heterocycles. The SMILES string of the molecule is CCCOc1cc(NCC(C)(O)CSC)ncn1. The van der Waals surface area contributed by atoms with Crippen LogP contribution in [0.1, 0.15) is 20.3 Å². The number of aromatic nitrogens is 2. The Morgan fingerprint density at radius 3 is 2.94 bits per heavy atom. The van der Waals surface area contributed by atoms with Gasteiger partial charge in [0.05, 0.1) is 12.2 Å². The molecule has 0 bridgehead atoms. The van der Waals surface area contributed by atoms with E-state index < -0.39 is 5.60 Å². The molecule has 0 spiro atoms. The van der Waals surface area contributed by atoms with E-state index >= 15 is 0 Å². The molecule has 0 aliphatic rings. The Labute approximate surface area is 112 Å². The van der Waals surface area contributed by atoms with E-state index in [4.69, 9.17) is 4.74 Å². The highest BCUT2D eigenvalue weighted by molar-refractivity contribution is 7.98. The number of nitrogens with zero attached hydrogens (tertiary/aromatic N) is 2. The lowest BCUT2D eigenvalue weighted by Crippen LogP contribution is -2.36. The van der Waals surface area contributed by atoms with E-state index in [1.807, 2.05) is 13.2 Å². The number of hydrogen-bond donors (Lipinski definition) is 2. The van der Waals surface area contributed by atoms with Crippen LogP contribution in [0.4, 0.5) is 5.82 Å². The van der Waals surface area contributed by atoms with Crippen molar-refractivity contribution in [2.75, 3.05) is 30.5 Å². The second kappa shape index (κ2) is 7.43. The van der Waals surface area contributed by atoms with Crippen LogP contribution in [0.5, 0.6) is 5.88 Å². The first-order chi connectivity index (χ1) is 8.57. The maximum atomic E-state index is 10.0. The number of anilines is 1. The molecule has 0 amide bonds. The van der Waals surface area contributed by atoms with Crippen molar-refractivity contribution in [3.8, 4) is 5.88 Å². The molecular weight excluding hydrogens is 250 g/mol. The highest BCUT2D eigenvalue weighted by Gasteiger charge is 2.19. The van der Waals surface area contributed by atoms with Crippen LogP contribution in [0.15, 0.2) is 12.4 Å². The quantitative estimate of drug-likeness (QED) is 0.751. The lowest BCUT2D eigenvalue weighted by molar-refractivity contribution is 0.0996. The predicted molar refractivity (Wildman–Crippen MR) is 75.3 cm³/mol. The smallest absolute Gasteiger partial charge is 0.218 e. The summed E-state index contributed by atoms with van der Waals surface area (Å²) in [5.41, 5.74) is -0.755. The highest BCUT2D eigenvalue weighted by Crippen LogP contribution is 2.14. The lowest BCUT2D eigenvalue weighted by Gasteiger charge is -2.22. The van der Waals surface area contributed by atoms with Gasteiger partial charge in [0.1, 0.15) is 12.1 Å². The van der Waals surface area contributed by atoms with Crippen LogP contribution in [0.3, 0.4) is 0 Å². The van der Waals surface area contributed by atoms with Crippen molar-refractivity contribution < 1.29 is 9.84 Å². The molecular formula is C12H21N3O2S. The molecule has 6 heteroatoms. The zero-order chi connectivity index (χ0) is 13.4. The lowest BCUT2D eigenvalue weighted by atomic mass is 10.1. The van der Waals surface area contributed by atoms with Gasteiger partial charge in [-0.25, -0.2) is 9.97 Å². The largest absolute Gasteiger partial charge is 0.478 e. The third-order valence-electron chi connectivity index (χ3n) is 2.20. The zero-order valence-electron chi connectivity index (χ0n) is 11.1. The fourth-order valence-corrected chi connectivity index (χ4v) is 2.09. The van der Waals surface area contributed by atoms with E-state index in [1.54, 1.807) is 24.8 Å². The van der Waals surface area contributed by atoms with Gasteiger partial charge in [-0.1, -0.05) is 6.92 Å². The molecule has 0 fully saturated rings. The molecule has 1 aromatic rings. The van der Waals surface area contributed by atoms with Crippen LogP contribution in [-0.2, 0) is 0 Å². The Balaban J connectivity index is 2.51. The second-order valence-electron chi connectivity index (χ2n) is 4.37. The highest BCUT2D eigenvalue weighted by atomic mass is 32.2. The minimum atomic E-state index is -0.755. The summed E-state index contributed by atoms with van der Waals surface area (Å²) in [6, 6.07) is 1.74. The molecule has 0 radical (unpaired) electrons. The van der Waals surface area contributed by atoms with E-state index in [0.717, 1.165) is 6.42 Å². The van der Waals surface area contributed by atoms with Crippen LogP contribution in [0, 0.1) is 0 Å². The van der Waals surface area contributed by atoms with Gasteiger partial charge in [-0.15, -0.1) is 0 Å². The molecule has 1 heterocycles. The normalized spacial score (nSPS) is 14.0. The number of rotatable bonds is 8. The zero-order valence-corrected chi connectivity index (χ0v) is 12.0. The average Bonchev–Trinajstić information content (AvgIpc) is 2.35. The van der Waals surface area contributed by atoms with Gasteiger partial charge in [0.25, 0.3) is 0 Å². The minimum Gasteiger partial charge on any atom is -0.478 e. The van der Waals surface area contributed by atoms with Crippen molar-refractivity contribution in [1.29, 1.82) is 0 Å². The molecule has 1 unspecified atom stereocenters. The van der Waals surface area contributed by atoms with Gasteiger partial charge in [-0.3, -0.25) is 0 Å². The summed E-state index contributed by atoms with van der Waals surface area (Å²) in [4.78, 5) is 8.11. The Hall–Kier alpha value is -1.01. The Bertz CT molecular complexity index is 361. The van der Waals surface area contributed by atoms with Crippen LogP contribution >= 0.6 is 11.8 Å². The Morgan fingerprint density at radius 1 is 1.50 bits per heavy atom. The molecule has 2 N–H and O–H groups in total. The summed E-state index contributed by atoms with van der Waals surface area (Å²) < 4.78 is 5.42. The van der Waals surface area contributed by atoms with E-state index in [9.17, 15) is 5.11 Å². The Morgan fingerprint density at radius 2 is 2.28 bits per heavy atom. The molecule has 5 nitrogen and oxygen atoms in total. The number of thioether (sulfide) groups is 1. The average molecular weight is 271 g/mol. The number of nitrogens with one attached hydrogen (secondary N) is 1. The van der Waals surface area contributed by atoms with Gasteiger partial charge in [-0.2, -0.15) is 11.8 Å². The second-order valence-corrected chi connectivity index (χ2v) is 5.24. The number of ether oxygens (including phenoxy) is 1. The van der Waals surface area contributed by atoms with Crippen molar-refractivity contribution >= 4 is 17.6 Å². The first-order valence-corrected chi connectivity index (χ1v) is 7.37. The molecule has 1 atom stereocenters. The van der Waals surface area contributed by atoms with Crippen molar-refractivity contribution in [3.63, 3.8) is 0 Å². The molecule has 0 aliphatic carbocycles. The van der Waals surface area contributed by atoms with Gasteiger partial charge in [0, 0.05) is 18.4 Å². The van der Waals surface area contributed by atoms with Crippen molar-refractivity contribution in [2.24, 2.45) is 0 Å². The van der Waals surface area contributed by atoms with E-state index in [1.165, 1.54) is 6.33 Å². The Kier molecular flexibility index (Phi) is 6.21. The topological polar surface area (TPSA) is 67.3 Å². The van der Waals surface area contributed by atoms with Crippen LogP contribution < -0.4 is 10.1 Å². The third-order valence-corrected chi connectivity index (χ3v) is 3.11. The van der Waals surface area contributed by atoms with Gasteiger partial charge in [0.15, 0.2) is 0 Å². The van der Waals surface area contributed by atoms with Crippen molar-refractivity contribution in [1.82, 2.24) is 9.97 Å². The summed E-state index contributed by atoms with van der Waals surface area (Å²) >= 11 is 1.61. The molecule has 102 valence electrons. The number of aliphatic hydroxyl groups is 1. The van der Waals surface area contributed by atoms with Gasteiger partial charge < -0.3 is 15.2 Å².